The SMILES string of the molecule is Cc1nn(CC(O)CNC2CC2)c(C)c1C. The first-order valence-electron chi connectivity index (χ1n) is 6.00. The molecule has 0 saturated heterocycles. The molecule has 0 bridgehead atoms. The van der Waals surface area contributed by atoms with Crippen molar-refractivity contribution < 1.29 is 5.11 Å². The maximum atomic E-state index is 9.88. The second-order valence-corrected chi connectivity index (χ2v) is 4.81. The minimum absolute atomic E-state index is 0.349. The van der Waals surface area contributed by atoms with Crippen molar-refractivity contribution in [3.63, 3.8) is 0 Å². The Kier molecular flexibility index (Phi) is 3.30. The predicted octanol–water partition coefficient (Wildman–Crippen LogP) is 0.921. The van der Waals surface area contributed by atoms with Crippen LogP contribution in [0.25, 0.3) is 0 Å². The lowest BCUT2D eigenvalue weighted by Crippen LogP contribution is -2.32. The first-order chi connectivity index (χ1) is 7.58. The number of rotatable bonds is 5. The summed E-state index contributed by atoms with van der Waals surface area (Å²) in [6.07, 6.45) is 2.16. The van der Waals surface area contributed by atoms with Crippen molar-refractivity contribution in [2.45, 2.75) is 52.3 Å². The Morgan fingerprint density at radius 1 is 1.44 bits per heavy atom. The smallest absolute Gasteiger partial charge is 0.0860 e. The molecule has 1 aromatic heterocycles. The number of aliphatic hydroxyl groups excluding tert-OH is 1. The second-order valence-electron chi connectivity index (χ2n) is 4.81. The molecule has 16 heavy (non-hydrogen) atoms. The van der Waals surface area contributed by atoms with Gasteiger partial charge < -0.3 is 10.4 Å². The molecule has 1 aromatic rings. The van der Waals surface area contributed by atoms with Crippen molar-refractivity contribution in [3.05, 3.63) is 17.0 Å². The average Bonchev–Trinajstić information content (AvgIpc) is 3.03. The zero-order valence-electron chi connectivity index (χ0n) is 10.3. The molecule has 2 N–H and O–H groups in total. The zero-order chi connectivity index (χ0) is 11.7. The van der Waals surface area contributed by atoms with E-state index >= 15 is 0 Å². The Hall–Kier alpha value is -0.870. The molecular formula is C12H21N3O. The number of nitrogens with one attached hydrogen (secondary N) is 1. The molecule has 1 saturated carbocycles. The third-order valence-corrected chi connectivity index (χ3v) is 3.35. The van der Waals surface area contributed by atoms with E-state index in [1.54, 1.807) is 0 Å². The Bertz CT molecular complexity index is 369. The van der Waals surface area contributed by atoms with Gasteiger partial charge in [-0.3, -0.25) is 4.68 Å². The van der Waals surface area contributed by atoms with Gasteiger partial charge in [0.05, 0.1) is 18.3 Å². The molecule has 1 atom stereocenters. The monoisotopic (exact) mass is 223 g/mol. The molecule has 1 aliphatic rings. The maximum absolute atomic E-state index is 9.88. The Balaban J connectivity index is 1.88. The average molecular weight is 223 g/mol. The fourth-order valence-electron chi connectivity index (χ4n) is 1.82. The van der Waals surface area contributed by atoms with Crippen LogP contribution in [0.3, 0.4) is 0 Å². The fourth-order valence-corrected chi connectivity index (χ4v) is 1.82. The van der Waals surface area contributed by atoms with Crippen LogP contribution in [0, 0.1) is 20.8 Å². The molecule has 0 aromatic carbocycles. The standard InChI is InChI=1S/C12H21N3O/c1-8-9(2)14-15(10(8)3)7-12(16)6-13-11-4-5-11/h11-13,16H,4-7H2,1-3H3. The van der Waals surface area contributed by atoms with Gasteiger partial charge in [0.25, 0.3) is 0 Å². The summed E-state index contributed by atoms with van der Waals surface area (Å²) in [5.41, 5.74) is 3.44. The van der Waals surface area contributed by atoms with Crippen LogP contribution < -0.4 is 5.32 Å². The van der Waals surface area contributed by atoms with Crippen LogP contribution in [-0.2, 0) is 6.54 Å². The molecule has 1 unspecified atom stereocenters. The molecule has 0 aliphatic heterocycles. The molecule has 1 aliphatic carbocycles. The van der Waals surface area contributed by atoms with Crippen molar-refractivity contribution in [1.82, 2.24) is 15.1 Å². The van der Waals surface area contributed by atoms with E-state index in [0.29, 0.717) is 19.1 Å². The Morgan fingerprint density at radius 3 is 2.62 bits per heavy atom. The molecule has 4 nitrogen and oxygen atoms in total. The van der Waals surface area contributed by atoms with Crippen LogP contribution in [-0.4, -0.2) is 33.6 Å². The fraction of sp³-hybridized carbons (Fsp3) is 0.750. The Morgan fingerprint density at radius 2 is 2.12 bits per heavy atom. The molecule has 0 radical (unpaired) electrons. The number of aryl methyl sites for hydroxylation is 1. The summed E-state index contributed by atoms with van der Waals surface area (Å²) < 4.78 is 1.91. The highest BCUT2D eigenvalue weighted by Gasteiger charge is 2.21. The number of hydrogen-bond acceptors (Lipinski definition) is 3. The molecule has 1 heterocycles. The molecule has 90 valence electrons. The van der Waals surface area contributed by atoms with Crippen LogP contribution in [0.5, 0.6) is 0 Å². The number of hydrogen-bond donors (Lipinski definition) is 2. The third-order valence-electron chi connectivity index (χ3n) is 3.35. The zero-order valence-corrected chi connectivity index (χ0v) is 10.3. The van der Waals surface area contributed by atoms with E-state index in [0.717, 1.165) is 11.4 Å². The summed E-state index contributed by atoms with van der Waals surface area (Å²) in [5.74, 6) is 0. The highest BCUT2D eigenvalue weighted by Crippen LogP contribution is 2.18. The first kappa shape index (κ1) is 11.6. The summed E-state index contributed by atoms with van der Waals surface area (Å²) in [4.78, 5) is 0. The lowest BCUT2D eigenvalue weighted by Gasteiger charge is -2.12. The van der Waals surface area contributed by atoms with Crippen molar-refractivity contribution in [3.8, 4) is 0 Å². The van der Waals surface area contributed by atoms with E-state index in [4.69, 9.17) is 0 Å². The van der Waals surface area contributed by atoms with Crippen LogP contribution >= 0.6 is 0 Å². The van der Waals surface area contributed by atoms with Gasteiger partial charge in [-0.1, -0.05) is 0 Å². The number of aromatic nitrogens is 2. The number of nitrogens with zero attached hydrogens (tertiary/aromatic N) is 2. The minimum Gasteiger partial charge on any atom is -0.390 e. The summed E-state index contributed by atoms with van der Waals surface area (Å²) in [5, 5.41) is 17.6. The van der Waals surface area contributed by atoms with E-state index in [-0.39, 0.29) is 6.10 Å². The molecule has 0 amide bonds. The normalized spacial score (nSPS) is 17.8. The lowest BCUT2D eigenvalue weighted by molar-refractivity contribution is 0.145. The second kappa shape index (κ2) is 4.55. The van der Waals surface area contributed by atoms with Gasteiger partial charge in [0, 0.05) is 18.3 Å². The van der Waals surface area contributed by atoms with Gasteiger partial charge in [-0.15, -0.1) is 0 Å². The van der Waals surface area contributed by atoms with Gasteiger partial charge >= 0.3 is 0 Å². The van der Waals surface area contributed by atoms with Crippen LogP contribution in [0.15, 0.2) is 0 Å². The van der Waals surface area contributed by atoms with E-state index < -0.39 is 0 Å². The number of aliphatic hydroxyl groups is 1. The lowest BCUT2D eigenvalue weighted by atomic mass is 10.2. The highest BCUT2D eigenvalue weighted by atomic mass is 16.3. The molecule has 2 rings (SSSR count). The summed E-state index contributed by atoms with van der Waals surface area (Å²) in [6, 6.07) is 0.650. The van der Waals surface area contributed by atoms with E-state index in [1.807, 2.05) is 11.6 Å². The maximum Gasteiger partial charge on any atom is 0.0860 e. The van der Waals surface area contributed by atoms with Gasteiger partial charge in [-0.25, -0.2) is 0 Å². The summed E-state index contributed by atoms with van der Waals surface area (Å²) in [7, 11) is 0. The van der Waals surface area contributed by atoms with Gasteiger partial charge in [0.1, 0.15) is 0 Å². The van der Waals surface area contributed by atoms with Gasteiger partial charge in [-0.2, -0.15) is 5.10 Å². The van der Waals surface area contributed by atoms with E-state index in [2.05, 4.69) is 24.3 Å². The van der Waals surface area contributed by atoms with E-state index in [9.17, 15) is 5.11 Å². The first-order valence-corrected chi connectivity index (χ1v) is 6.00. The van der Waals surface area contributed by atoms with Crippen molar-refractivity contribution >= 4 is 0 Å². The predicted molar refractivity (Wildman–Crippen MR) is 63.5 cm³/mol. The Labute approximate surface area is 96.7 Å². The minimum atomic E-state index is -0.349. The largest absolute Gasteiger partial charge is 0.390 e. The van der Waals surface area contributed by atoms with Crippen LogP contribution in [0.1, 0.15) is 29.8 Å². The van der Waals surface area contributed by atoms with Crippen molar-refractivity contribution in [2.75, 3.05) is 6.54 Å². The summed E-state index contributed by atoms with van der Waals surface area (Å²) in [6.45, 7) is 7.38. The van der Waals surface area contributed by atoms with Gasteiger partial charge in [0.15, 0.2) is 0 Å². The quantitative estimate of drug-likeness (QED) is 0.780. The van der Waals surface area contributed by atoms with Crippen LogP contribution in [0.2, 0.25) is 0 Å². The van der Waals surface area contributed by atoms with E-state index in [1.165, 1.54) is 18.4 Å². The third kappa shape index (κ3) is 2.62. The molecule has 1 fully saturated rings. The van der Waals surface area contributed by atoms with Gasteiger partial charge in [0.2, 0.25) is 0 Å². The molecule has 4 heteroatoms. The van der Waals surface area contributed by atoms with Crippen molar-refractivity contribution in [2.24, 2.45) is 0 Å². The van der Waals surface area contributed by atoms with Crippen molar-refractivity contribution in [1.29, 1.82) is 0 Å². The molecule has 0 spiro atoms. The highest BCUT2D eigenvalue weighted by molar-refractivity contribution is 5.22. The summed E-state index contributed by atoms with van der Waals surface area (Å²) >= 11 is 0. The topological polar surface area (TPSA) is 50.1 Å². The van der Waals surface area contributed by atoms with Gasteiger partial charge in [-0.05, 0) is 39.2 Å². The molecular weight excluding hydrogens is 202 g/mol. The van der Waals surface area contributed by atoms with Crippen LogP contribution in [0.4, 0.5) is 0 Å².